The average Bonchev–Trinajstić information content (AvgIpc) is 3.13. The highest BCUT2D eigenvalue weighted by molar-refractivity contribution is 7.09. The number of nitrogens with one attached hydrogen (secondary N) is 1. The molecule has 2 rings (SSSR count). The minimum absolute atomic E-state index is 0.0538. The van der Waals surface area contributed by atoms with Crippen molar-refractivity contribution in [1.29, 1.82) is 0 Å². The van der Waals surface area contributed by atoms with E-state index in [1.54, 1.807) is 14.2 Å². The second kappa shape index (κ2) is 9.59. The van der Waals surface area contributed by atoms with E-state index in [0.717, 1.165) is 6.42 Å². The van der Waals surface area contributed by atoms with Crippen LogP contribution < -0.4 is 5.32 Å². The Morgan fingerprint density at radius 3 is 2.69 bits per heavy atom. The minimum atomic E-state index is -0.842. The van der Waals surface area contributed by atoms with Crippen LogP contribution in [0.4, 0.5) is 5.13 Å². The summed E-state index contributed by atoms with van der Waals surface area (Å²) >= 11 is 1.26. The normalized spacial score (nSPS) is 19.2. The second-order valence-corrected chi connectivity index (χ2v) is 7.67. The van der Waals surface area contributed by atoms with E-state index in [-0.39, 0.29) is 17.9 Å². The third kappa shape index (κ3) is 5.60. The fourth-order valence-corrected chi connectivity index (χ4v) is 3.51. The maximum Gasteiger partial charge on any atom is 0.225 e. The molecule has 1 aliphatic rings. The molecule has 0 radical (unpaired) electrons. The second-order valence-electron chi connectivity index (χ2n) is 6.92. The van der Waals surface area contributed by atoms with E-state index in [9.17, 15) is 9.90 Å². The van der Waals surface area contributed by atoms with Crippen molar-refractivity contribution in [3.05, 3.63) is 5.82 Å². The zero-order chi connectivity index (χ0) is 19.2. The number of piperidine rings is 1. The molecule has 1 fully saturated rings. The van der Waals surface area contributed by atoms with Gasteiger partial charge in [-0.15, -0.1) is 0 Å². The van der Waals surface area contributed by atoms with Gasteiger partial charge in [-0.25, -0.2) is 4.98 Å². The van der Waals surface area contributed by atoms with E-state index in [1.807, 2.05) is 18.7 Å². The number of carbonyl (C=O) groups excluding carboxylic acids is 1. The van der Waals surface area contributed by atoms with Crippen molar-refractivity contribution in [2.24, 2.45) is 5.92 Å². The summed E-state index contributed by atoms with van der Waals surface area (Å²) in [5.74, 6) is 0.721. The van der Waals surface area contributed by atoms with Crippen molar-refractivity contribution in [1.82, 2.24) is 14.3 Å². The Labute approximate surface area is 159 Å². The van der Waals surface area contributed by atoms with E-state index < -0.39 is 5.60 Å². The molecule has 1 aromatic heterocycles. The maximum atomic E-state index is 12.4. The number of rotatable bonds is 9. The van der Waals surface area contributed by atoms with Gasteiger partial charge in [-0.1, -0.05) is 6.92 Å². The van der Waals surface area contributed by atoms with Gasteiger partial charge in [0.1, 0.15) is 6.10 Å². The Morgan fingerprint density at radius 1 is 1.38 bits per heavy atom. The van der Waals surface area contributed by atoms with Crippen LogP contribution in [0.25, 0.3) is 0 Å². The largest absolute Gasteiger partial charge is 0.388 e. The number of hydrogen-bond acceptors (Lipinski definition) is 8. The van der Waals surface area contributed by atoms with Crippen LogP contribution >= 0.6 is 11.5 Å². The number of hydrogen-bond donors (Lipinski definition) is 2. The topological polar surface area (TPSA) is 96.8 Å². The van der Waals surface area contributed by atoms with Crippen molar-refractivity contribution < 1.29 is 19.4 Å². The number of aliphatic hydroxyl groups is 1. The number of ether oxygens (including phenoxy) is 2. The van der Waals surface area contributed by atoms with E-state index in [2.05, 4.69) is 14.7 Å². The summed E-state index contributed by atoms with van der Waals surface area (Å²) in [7, 11) is 3.26. The molecule has 2 heterocycles. The Morgan fingerprint density at radius 2 is 2.08 bits per heavy atom. The number of anilines is 1. The van der Waals surface area contributed by atoms with Gasteiger partial charge in [-0.2, -0.15) is 4.37 Å². The van der Waals surface area contributed by atoms with E-state index in [4.69, 9.17) is 9.47 Å². The smallest absolute Gasteiger partial charge is 0.225 e. The summed E-state index contributed by atoms with van der Waals surface area (Å²) in [4.78, 5) is 18.7. The molecule has 26 heavy (non-hydrogen) atoms. The summed E-state index contributed by atoms with van der Waals surface area (Å²) in [6.45, 7) is 5.93. The van der Waals surface area contributed by atoms with Gasteiger partial charge in [0.15, 0.2) is 5.82 Å². The number of aromatic nitrogens is 2. The Hall–Kier alpha value is -1.29. The van der Waals surface area contributed by atoms with Gasteiger partial charge < -0.3 is 24.8 Å². The van der Waals surface area contributed by atoms with Gasteiger partial charge in [-0.05, 0) is 26.2 Å². The Balaban J connectivity index is 1.80. The van der Waals surface area contributed by atoms with Crippen molar-refractivity contribution in [3.8, 4) is 0 Å². The van der Waals surface area contributed by atoms with Crippen LogP contribution in [0.15, 0.2) is 0 Å². The van der Waals surface area contributed by atoms with E-state index in [0.29, 0.717) is 50.0 Å². The van der Waals surface area contributed by atoms with Crippen molar-refractivity contribution in [3.63, 3.8) is 0 Å². The average molecular weight is 387 g/mol. The Bertz CT molecular complexity index is 575. The van der Waals surface area contributed by atoms with Crippen LogP contribution in [0.3, 0.4) is 0 Å². The molecule has 9 heteroatoms. The molecule has 0 spiro atoms. The lowest BCUT2D eigenvalue weighted by atomic mass is 9.90. The molecule has 148 valence electrons. The van der Waals surface area contributed by atoms with Crippen LogP contribution in [0, 0.1) is 5.92 Å². The van der Waals surface area contributed by atoms with Crippen LogP contribution in [0.5, 0.6) is 0 Å². The lowest BCUT2D eigenvalue weighted by Gasteiger charge is -2.39. The van der Waals surface area contributed by atoms with E-state index in [1.165, 1.54) is 11.5 Å². The number of amides is 1. The van der Waals surface area contributed by atoms with Gasteiger partial charge in [0.25, 0.3) is 0 Å². The molecule has 2 N–H and O–H groups in total. The predicted octanol–water partition coefficient (Wildman–Crippen LogP) is 1.68. The van der Waals surface area contributed by atoms with Crippen LogP contribution in [0.2, 0.25) is 0 Å². The SMILES string of the molecule is COCCC(C)C(=O)N1CCC(O)(CNc2nc(C(C)OC)ns2)CC1. The molecule has 0 aromatic carbocycles. The van der Waals surface area contributed by atoms with E-state index >= 15 is 0 Å². The van der Waals surface area contributed by atoms with Crippen LogP contribution in [0.1, 0.15) is 45.0 Å². The molecule has 1 amide bonds. The lowest BCUT2D eigenvalue weighted by Crippen LogP contribution is -2.51. The van der Waals surface area contributed by atoms with Gasteiger partial charge in [-0.3, -0.25) is 4.79 Å². The fourth-order valence-electron chi connectivity index (χ4n) is 2.87. The van der Waals surface area contributed by atoms with Crippen molar-refractivity contribution >= 4 is 22.6 Å². The lowest BCUT2D eigenvalue weighted by molar-refractivity contribution is -0.139. The summed E-state index contributed by atoms with van der Waals surface area (Å²) in [6, 6.07) is 0. The number of nitrogens with zero attached hydrogens (tertiary/aromatic N) is 3. The number of likely N-dealkylation sites (tertiary alicyclic amines) is 1. The maximum absolute atomic E-state index is 12.4. The number of carbonyl (C=O) groups is 1. The molecule has 0 saturated carbocycles. The molecule has 1 aromatic rings. The zero-order valence-electron chi connectivity index (χ0n) is 16.0. The first-order chi connectivity index (χ1) is 12.4. The molecular formula is C17H30N4O4S. The molecule has 0 bridgehead atoms. The van der Waals surface area contributed by atoms with Gasteiger partial charge in [0.2, 0.25) is 11.0 Å². The number of methoxy groups -OCH3 is 2. The first-order valence-electron chi connectivity index (χ1n) is 8.99. The molecular weight excluding hydrogens is 356 g/mol. The highest BCUT2D eigenvalue weighted by Crippen LogP contribution is 2.25. The van der Waals surface area contributed by atoms with Gasteiger partial charge in [0.05, 0.1) is 5.60 Å². The van der Waals surface area contributed by atoms with Crippen molar-refractivity contribution in [2.45, 2.75) is 44.8 Å². The van der Waals surface area contributed by atoms with Crippen LogP contribution in [-0.2, 0) is 14.3 Å². The molecule has 8 nitrogen and oxygen atoms in total. The highest BCUT2D eigenvalue weighted by Gasteiger charge is 2.35. The first-order valence-corrected chi connectivity index (χ1v) is 9.76. The molecule has 1 saturated heterocycles. The highest BCUT2D eigenvalue weighted by atomic mass is 32.1. The van der Waals surface area contributed by atoms with Gasteiger partial charge >= 0.3 is 0 Å². The quantitative estimate of drug-likeness (QED) is 0.666. The fraction of sp³-hybridized carbons (Fsp3) is 0.824. The third-order valence-corrected chi connectivity index (χ3v) is 5.60. The Kier molecular flexibility index (Phi) is 7.75. The molecule has 2 atom stereocenters. The van der Waals surface area contributed by atoms with Crippen LogP contribution in [-0.4, -0.2) is 71.3 Å². The summed E-state index contributed by atoms with van der Waals surface area (Å²) in [5, 5.41) is 14.6. The summed E-state index contributed by atoms with van der Waals surface area (Å²) in [5.41, 5.74) is -0.842. The predicted molar refractivity (Wildman–Crippen MR) is 100 cm³/mol. The molecule has 0 aliphatic carbocycles. The summed E-state index contributed by atoms with van der Waals surface area (Å²) in [6.07, 6.45) is 1.65. The third-order valence-electron chi connectivity index (χ3n) is 4.91. The summed E-state index contributed by atoms with van der Waals surface area (Å²) < 4.78 is 14.5. The van der Waals surface area contributed by atoms with Gasteiger partial charge in [0, 0.05) is 57.9 Å². The molecule has 1 aliphatic heterocycles. The standard InChI is InChI=1S/C17H30N4O4S/c1-12(5-10-24-3)15(22)21-8-6-17(23,7-9-21)11-18-16-19-14(20-26-16)13(2)25-4/h12-13,23H,5-11H2,1-4H3,(H,18,19,20). The monoisotopic (exact) mass is 386 g/mol. The zero-order valence-corrected chi connectivity index (χ0v) is 16.8. The minimum Gasteiger partial charge on any atom is -0.388 e. The first kappa shape index (κ1) is 21.0. The van der Waals surface area contributed by atoms with Crippen molar-refractivity contribution in [2.75, 3.05) is 45.8 Å². The molecule has 2 unspecified atom stereocenters.